The first-order valence-electron chi connectivity index (χ1n) is 7.07. The van der Waals surface area contributed by atoms with Gasteiger partial charge in [-0.05, 0) is 43.6 Å². The lowest BCUT2D eigenvalue weighted by molar-refractivity contribution is 0.176. The molecule has 1 aliphatic heterocycles. The van der Waals surface area contributed by atoms with Crippen molar-refractivity contribution >= 4 is 0 Å². The summed E-state index contributed by atoms with van der Waals surface area (Å²) >= 11 is 0. The molecule has 1 aliphatic carbocycles. The molecule has 2 nitrogen and oxygen atoms in total. The average molecular weight is 224 g/mol. The smallest absolute Gasteiger partial charge is 0.00684 e. The lowest BCUT2D eigenvalue weighted by Crippen LogP contribution is -2.41. The van der Waals surface area contributed by atoms with Crippen LogP contribution in [0.15, 0.2) is 0 Å². The van der Waals surface area contributed by atoms with E-state index in [1.807, 2.05) is 0 Å². The van der Waals surface area contributed by atoms with E-state index in [4.69, 9.17) is 0 Å². The molecule has 94 valence electrons. The molecule has 0 aromatic heterocycles. The topological polar surface area (TPSA) is 15.3 Å². The van der Waals surface area contributed by atoms with E-state index in [1.165, 1.54) is 51.9 Å². The Morgan fingerprint density at radius 1 is 1.31 bits per heavy atom. The first kappa shape index (κ1) is 12.4. The number of hydrogen-bond acceptors (Lipinski definition) is 2. The van der Waals surface area contributed by atoms with Gasteiger partial charge in [0.2, 0.25) is 0 Å². The van der Waals surface area contributed by atoms with Gasteiger partial charge in [-0.2, -0.15) is 0 Å². The second kappa shape index (κ2) is 5.05. The third kappa shape index (κ3) is 3.46. The molecule has 0 spiro atoms. The van der Waals surface area contributed by atoms with Gasteiger partial charge in [0.05, 0.1) is 0 Å². The van der Waals surface area contributed by atoms with Crippen LogP contribution >= 0.6 is 0 Å². The molecule has 0 radical (unpaired) electrons. The highest BCUT2D eigenvalue weighted by atomic mass is 15.2. The molecular formula is C14H28N2. The molecular weight excluding hydrogens is 196 g/mol. The van der Waals surface area contributed by atoms with E-state index in [0.29, 0.717) is 5.41 Å². The van der Waals surface area contributed by atoms with Gasteiger partial charge >= 0.3 is 0 Å². The molecule has 2 fully saturated rings. The van der Waals surface area contributed by atoms with Gasteiger partial charge in [0.1, 0.15) is 0 Å². The van der Waals surface area contributed by atoms with Crippen LogP contribution in [0.1, 0.15) is 46.5 Å². The molecule has 2 rings (SSSR count). The molecule has 2 atom stereocenters. The summed E-state index contributed by atoms with van der Waals surface area (Å²) in [4.78, 5) is 2.67. The number of rotatable bonds is 6. The molecule has 2 aliphatic rings. The van der Waals surface area contributed by atoms with Crippen molar-refractivity contribution < 1.29 is 0 Å². The zero-order valence-electron chi connectivity index (χ0n) is 11.3. The van der Waals surface area contributed by atoms with Gasteiger partial charge < -0.3 is 10.2 Å². The van der Waals surface area contributed by atoms with Gasteiger partial charge in [0.25, 0.3) is 0 Å². The lowest BCUT2D eigenvalue weighted by Gasteiger charge is -2.33. The van der Waals surface area contributed by atoms with Crippen molar-refractivity contribution in [1.29, 1.82) is 0 Å². The minimum atomic E-state index is 0.479. The summed E-state index contributed by atoms with van der Waals surface area (Å²) in [7, 11) is 0. The maximum atomic E-state index is 3.71. The number of likely N-dealkylation sites (tertiary alicyclic amines) is 1. The SMILES string of the molecule is CCC(C)(CNC1CC1)CN1CCC(C)C1. The van der Waals surface area contributed by atoms with Crippen molar-refractivity contribution in [2.24, 2.45) is 11.3 Å². The van der Waals surface area contributed by atoms with Gasteiger partial charge in [-0.1, -0.05) is 20.8 Å². The van der Waals surface area contributed by atoms with E-state index in [9.17, 15) is 0 Å². The van der Waals surface area contributed by atoms with Gasteiger partial charge in [0, 0.05) is 25.7 Å². The molecule has 0 aromatic rings. The van der Waals surface area contributed by atoms with E-state index in [-0.39, 0.29) is 0 Å². The Morgan fingerprint density at radius 2 is 2.06 bits per heavy atom. The predicted molar refractivity (Wildman–Crippen MR) is 69.6 cm³/mol. The lowest BCUT2D eigenvalue weighted by atomic mass is 9.86. The average Bonchev–Trinajstić information content (AvgIpc) is 3.01. The molecule has 1 saturated carbocycles. The van der Waals surface area contributed by atoms with Crippen LogP contribution in [0.3, 0.4) is 0 Å². The summed E-state index contributed by atoms with van der Waals surface area (Å²) in [5.41, 5.74) is 0.479. The quantitative estimate of drug-likeness (QED) is 0.746. The van der Waals surface area contributed by atoms with Crippen molar-refractivity contribution in [1.82, 2.24) is 10.2 Å². The predicted octanol–water partition coefficient (Wildman–Crippen LogP) is 2.50. The maximum Gasteiger partial charge on any atom is 0.00684 e. The summed E-state index contributed by atoms with van der Waals surface area (Å²) in [6, 6.07) is 0.850. The highest BCUT2D eigenvalue weighted by Crippen LogP contribution is 2.27. The fourth-order valence-corrected chi connectivity index (χ4v) is 2.68. The second-order valence-corrected chi connectivity index (χ2v) is 6.45. The van der Waals surface area contributed by atoms with Gasteiger partial charge in [0.15, 0.2) is 0 Å². The summed E-state index contributed by atoms with van der Waals surface area (Å²) in [5, 5.41) is 3.71. The maximum absolute atomic E-state index is 3.71. The Hall–Kier alpha value is -0.0800. The van der Waals surface area contributed by atoms with Crippen LogP contribution in [0.2, 0.25) is 0 Å². The highest BCUT2D eigenvalue weighted by Gasteiger charge is 2.30. The van der Waals surface area contributed by atoms with Crippen LogP contribution in [-0.4, -0.2) is 37.1 Å². The number of nitrogens with one attached hydrogen (secondary N) is 1. The molecule has 2 unspecified atom stereocenters. The Morgan fingerprint density at radius 3 is 2.56 bits per heavy atom. The minimum absolute atomic E-state index is 0.479. The van der Waals surface area contributed by atoms with Crippen LogP contribution in [0, 0.1) is 11.3 Å². The normalized spacial score (nSPS) is 30.6. The Kier molecular flexibility index (Phi) is 3.91. The Bertz CT molecular complexity index is 225. The summed E-state index contributed by atoms with van der Waals surface area (Å²) in [6.45, 7) is 12.3. The highest BCUT2D eigenvalue weighted by molar-refractivity contribution is 4.87. The third-order valence-electron chi connectivity index (χ3n) is 4.36. The van der Waals surface area contributed by atoms with Crippen molar-refractivity contribution in [2.75, 3.05) is 26.2 Å². The van der Waals surface area contributed by atoms with Gasteiger partial charge in [-0.25, -0.2) is 0 Å². The molecule has 0 amide bonds. The van der Waals surface area contributed by atoms with Crippen LogP contribution in [-0.2, 0) is 0 Å². The summed E-state index contributed by atoms with van der Waals surface area (Å²) in [6.07, 6.45) is 5.49. The van der Waals surface area contributed by atoms with Crippen LogP contribution in [0.25, 0.3) is 0 Å². The fourth-order valence-electron chi connectivity index (χ4n) is 2.68. The Balaban J connectivity index is 1.77. The third-order valence-corrected chi connectivity index (χ3v) is 4.36. The molecule has 2 heteroatoms. The van der Waals surface area contributed by atoms with Crippen LogP contribution in [0.5, 0.6) is 0 Å². The van der Waals surface area contributed by atoms with Gasteiger partial charge in [-0.15, -0.1) is 0 Å². The van der Waals surface area contributed by atoms with Gasteiger partial charge in [-0.3, -0.25) is 0 Å². The first-order valence-corrected chi connectivity index (χ1v) is 7.07. The number of nitrogens with zero attached hydrogens (tertiary/aromatic N) is 1. The van der Waals surface area contributed by atoms with E-state index >= 15 is 0 Å². The van der Waals surface area contributed by atoms with Crippen molar-refractivity contribution in [3.8, 4) is 0 Å². The molecule has 0 aromatic carbocycles. The molecule has 16 heavy (non-hydrogen) atoms. The van der Waals surface area contributed by atoms with Crippen LogP contribution in [0.4, 0.5) is 0 Å². The molecule has 0 bridgehead atoms. The minimum Gasteiger partial charge on any atom is -0.313 e. The van der Waals surface area contributed by atoms with E-state index in [2.05, 4.69) is 31.0 Å². The van der Waals surface area contributed by atoms with Crippen LogP contribution < -0.4 is 5.32 Å². The molecule has 1 N–H and O–H groups in total. The number of hydrogen-bond donors (Lipinski definition) is 1. The summed E-state index contributed by atoms with van der Waals surface area (Å²) in [5.74, 6) is 0.914. The standard InChI is InChI=1S/C14H28N2/c1-4-14(3,10-15-13-5-6-13)11-16-8-7-12(2)9-16/h12-13,15H,4-11H2,1-3H3. The zero-order valence-corrected chi connectivity index (χ0v) is 11.3. The first-order chi connectivity index (χ1) is 7.61. The van der Waals surface area contributed by atoms with E-state index in [0.717, 1.165) is 12.0 Å². The van der Waals surface area contributed by atoms with Crippen molar-refractivity contribution in [3.63, 3.8) is 0 Å². The Labute approximate surface area is 101 Å². The zero-order chi connectivity index (χ0) is 11.6. The van der Waals surface area contributed by atoms with Crippen molar-refractivity contribution in [3.05, 3.63) is 0 Å². The van der Waals surface area contributed by atoms with E-state index in [1.54, 1.807) is 0 Å². The largest absolute Gasteiger partial charge is 0.313 e. The second-order valence-electron chi connectivity index (χ2n) is 6.45. The fraction of sp³-hybridized carbons (Fsp3) is 1.00. The molecule has 1 heterocycles. The summed E-state index contributed by atoms with van der Waals surface area (Å²) < 4.78 is 0. The molecule has 1 saturated heterocycles. The monoisotopic (exact) mass is 224 g/mol. The van der Waals surface area contributed by atoms with E-state index < -0.39 is 0 Å². The van der Waals surface area contributed by atoms with Crippen molar-refractivity contribution in [2.45, 2.75) is 52.5 Å².